The van der Waals surface area contributed by atoms with E-state index in [0.717, 1.165) is 44.1 Å². The molecule has 5 rings (SSSR count). The van der Waals surface area contributed by atoms with Crippen LogP contribution in [0, 0.1) is 28.6 Å². The summed E-state index contributed by atoms with van der Waals surface area (Å²) in [6.45, 7) is 2.78. The van der Waals surface area contributed by atoms with Crippen LogP contribution < -0.4 is 0 Å². The van der Waals surface area contributed by atoms with E-state index in [1.165, 1.54) is 17.4 Å². The summed E-state index contributed by atoms with van der Waals surface area (Å²) in [7, 11) is 0. The van der Waals surface area contributed by atoms with Crippen LogP contribution in [-0.2, 0) is 23.9 Å². The summed E-state index contributed by atoms with van der Waals surface area (Å²) < 4.78 is 11.2. The Hall–Kier alpha value is -1.44. The number of halogens is 1. The summed E-state index contributed by atoms with van der Waals surface area (Å²) in [4.78, 5) is 36.0. The lowest BCUT2D eigenvalue weighted by molar-refractivity contribution is -0.147. The maximum absolute atomic E-state index is 12.6. The zero-order valence-corrected chi connectivity index (χ0v) is 20.1. The van der Waals surface area contributed by atoms with E-state index in [4.69, 9.17) is 9.47 Å². The second kappa shape index (κ2) is 7.85. The Kier molecular flexibility index (Phi) is 5.42. The van der Waals surface area contributed by atoms with Crippen LogP contribution in [-0.4, -0.2) is 35.4 Å². The fraction of sp³-hybridized carbons (Fsp3) is 0.640. The van der Waals surface area contributed by atoms with Crippen LogP contribution in [0.25, 0.3) is 0 Å². The molecule has 0 spiro atoms. The number of carbonyl (C=O) groups is 3. The Labute approximate surface area is 196 Å². The van der Waals surface area contributed by atoms with Crippen molar-refractivity contribution in [1.82, 2.24) is 0 Å². The van der Waals surface area contributed by atoms with Crippen molar-refractivity contribution < 1.29 is 23.9 Å². The minimum atomic E-state index is -0.415. The predicted molar refractivity (Wildman–Crippen MR) is 123 cm³/mol. The number of rotatable bonds is 4. The van der Waals surface area contributed by atoms with Crippen LogP contribution in [0.15, 0.2) is 34.9 Å². The lowest BCUT2D eigenvalue weighted by atomic mass is 9.48. The summed E-state index contributed by atoms with van der Waals surface area (Å²) in [6.07, 6.45) is 13.7. The SMILES string of the molecule is C[C@]12CC[C@H]3[C@@H](CC=C4C[C@@H](OC(=O)CI)CC[C@@]43C=O)C1=CC[C@@H]2C1=CC(=O)OC1. The first kappa shape index (κ1) is 21.4. The van der Waals surface area contributed by atoms with Crippen LogP contribution in [0.2, 0.25) is 0 Å². The van der Waals surface area contributed by atoms with Gasteiger partial charge in [0.15, 0.2) is 0 Å². The zero-order valence-electron chi connectivity index (χ0n) is 17.9. The van der Waals surface area contributed by atoms with Gasteiger partial charge >= 0.3 is 11.9 Å². The number of aldehydes is 1. The number of ether oxygens (including phenoxy) is 2. The molecule has 6 atom stereocenters. The molecule has 0 radical (unpaired) electrons. The van der Waals surface area contributed by atoms with Crippen LogP contribution in [0.4, 0.5) is 0 Å². The molecule has 0 saturated heterocycles. The molecule has 2 fully saturated rings. The molecule has 0 aromatic rings. The van der Waals surface area contributed by atoms with E-state index in [0.29, 0.717) is 35.2 Å². The first-order valence-corrected chi connectivity index (χ1v) is 12.9. The molecule has 166 valence electrons. The second-order valence-corrected chi connectivity index (χ2v) is 10.8. The molecule has 2 saturated carbocycles. The third-order valence-corrected chi connectivity index (χ3v) is 9.44. The smallest absolute Gasteiger partial charge is 0.331 e. The van der Waals surface area contributed by atoms with Gasteiger partial charge < -0.3 is 14.3 Å². The van der Waals surface area contributed by atoms with Crippen LogP contribution in [0.5, 0.6) is 0 Å². The number of cyclic esters (lactones) is 1. The molecular formula is C25H29IO5. The van der Waals surface area contributed by atoms with Crippen molar-refractivity contribution in [3.8, 4) is 0 Å². The van der Waals surface area contributed by atoms with Gasteiger partial charge in [0, 0.05) is 12.5 Å². The molecule has 0 bridgehead atoms. The van der Waals surface area contributed by atoms with Crippen LogP contribution in [0.1, 0.15) is 51.9 Å². The standard InChI is InChI=1S/C25H29IO5/c1-24-8-7-21-18(20(24)5-4-19(24)15-10-22(28)30-13-15)3-2-16-11-17(31-23(29)12-26)6-9-25(16,21)14-27/h2,5,10,14,17-19,21H,3-4,6-9,11-13H2,1H3/t17-,18-,19+,21-,24+,25+/m0/s1. The molecule has 1 heterocycles. The Morgan fingerprint density at radius 2 is 2.13 bits per heavy atom. The monoisotopic (exact) mass is 536 g/mol. The van der Waals surface area contributed by atoms with Crippen molar-refractivity contribution in [3.63, 3.8) is 0 Å². The molecule has 0 aromatic carbocycles. The zero-order chi connectivity index (χ0) is 21.8. The van der Waals surface area contributed by atoms with E-state index in [1.54, 1.807) is 6.08 Å². The van der Waals surface area contributed by atoms with Gasteiger partial charge in [0.1, 0.15) is 19.0 Å². The van der Waals surface area contributed by atoms with E-state index >= 15 is 0 Å². The number of esters is 2. The maximum Gasteiger partial charge on any atom is 0.331 e. The first-order valence-electron chi connectivity index (χ1n) is 11.4. The van der Waals surface area contributed by atoms with Crippen molar-refractivity contribution in [2.45, 2.75) is 58.0 Å². The highest BCUT2D eigenvalue weighted by Crippen LogP contribution is 2.65. The third-order valence-electron chi connectivity index (χ3n) is 8.82. The van der Waals surface area contributed by atoms with Crippen molar-refractivity contribution >= 4 is 40.8 Å². The van der Waals surface area contributed by atoms with Gasteiger partial charge in [0.05, 0.1) is 9.84 Å². The number of hydrogen-bond donors (Lipinski definition) is 0. The predicted octanol–water partition coefficient (Wildman–Crippen LogP) is 4.49. The Balaban J connectivity index is 1.41. The summed E-state index contributed by atoms with van der Waals surface area (Å²) >= 11 is 2.03. The topological polar surface area (TPSA) is 69.7 Å². The number of allylic oxidation sites excluding steroid dienone is 3. The molecule has 0 N–H and O–H groups in total. The van der Waals surface area contributed by atoms with E-state index < -0.39 is 5.41 Å². The van der Waals surface area contributed by atoms with Crippen molar-refractivity contribution in [1.29, 1.82) is 0 Å². The average Bonchev–Trinajstić information content (AvgIpc) is 3.35. The van der Waals surface area contributed by atoms with Crippen molar-refractivity contribution in [2.24, 2.45) is 28.6 Å². The number of hydrogen-bond acceptors (Lipinski definition) is 5. The lowest BCUT2D eigenvalue weighted by Gasteiger charge is -2.55. The first-order chi connectivity index (χ1) is 14.9. The molecule has 31 heavy (non-hydrogen) atoms. The van der Waals surface area contributed by atoms with Crippen molar-refractivity contribution in [3.05, 3.63) is 34.9 Å². The fourth-order valence-electron chi connectivity index (χ4n) is 7.37. The molecule has 5 nitrogen and oxygen atoms in total. The number of alkyl halides is 1. The van der Waals surface area contributed by atoms with Gasteiger partial charge in [-0.3, -0.25) is 4.79 Å². The van der Waals surface area contributed by atoms with Gasteiger partial charge in [-0.1, -0.05) is 52.8 Å². The fourth-order valence-corrected chi connectivity index (χ4v) is 7.55. The Morgan fingerprint density at radius 1 is 1.29 bits per heavy atom. The van der Waals surface area contributed by atoms with Gasteiger partial charge in [-0.05, 0) is 67.3 Å². The van der Waals surface area contributed by atoms with Gasteiger partial charge in [-0.2, -0.15) is 0 Å². The minimum absolute atomic E-state index is 0.0451. The van der Waals surface area contributed by atoms with Gasteiger partial charge in [-0.25, -0.2) is 4.79 Å². The summed E-state index contributed by atoms with van der Waals surface area (Å²) in [5.41, 5.74) is 3.44. The van der Waals surface area contributed by atoms with E-state index in [1.807, 2.05) is 22.6 Å². The molecule has 0 amide bonds. The highest BCUT2D eigenvalue weighted by Gasteiger charge is 2.58. The number of fused-ring (bicyclic) bond motifs is 5. The summed E-state index contributed by atoms with van der Waals surface area (Å²) in [6, 6.07) is 0. The Morgan fingerprint density at radius 3 is 2.84 bits per heavy atom. The van der Waals surface area contributed by atoms with E-state index in [9.17, 15) is 14.4 Å². The molecule has 1 aliphatic heterocycles. The van der Waals surface area contributed by atoms with Crippen LogP contribution in [0.3, 0.4) is 0 Å². The quantitative estimate of drug-likeness (QED) is 0.174. The van der Waals surface area contributed by atoms with Crippen molar-refractivity contribution in [2.75, 3.05) is 11.0 Å². The highest BCUT2D eigenvalue weighted by atomic mass is 127. The minimum Gasteiger partial charge on any atom is -0.461 e. The summed E-state index contributed by atoms with van der Waals surface area (Å²) in [5, 5.41) is 0. The Bertz CT molecular complexity index is 917. The molecule has 0 unspecified atom stereocenters. The average molecular weight is 536 g/mol. The number of carbonyl (C=O) groups excluding carboxylic acids is 3. The normalized spacial score (nSPS) is 41.1. The van der Waals surface area contributed by atoms with E-state index in [-0.39, 0.29) is 23.5 Å². The molecule has 0 aromatic heterocycles. The molecule has 5 aliphatic rings. The van der Waals surface area contributed by atoms with Gasteiger partial charge in [0.2, 0.25) is 0 Å². The van der Waals surface area contributed by atoms with Gasteiger partial charge in [0.25, 0.3) is 0 Å². The molecule has 6 heteroatoms. The molecular weight excluding hydrogens is 507 g/mol. The maximum atomic E-state index is 12.6. The van der Waals surface area contributed by atoms with E-state index in [2.05, 4.69) is 19.1 Å². The third kappa shape index (κ3) is 3.26. The highest BCUT2D eigenvalue weighted by molar-refractivity contribution is 14.1. The largest absolute Gasteiger partial charge is 0.461 e. The van der Waals surface area contributed by atoms with Gasteiger partial charge in [-0.15, -0.1) is 0 Å². The molecule has 4 aliphatic carbocycles. The van der Waals surface area contributed by atoms with Crippen LogP contribution >= 0.6 is 22.6 Å². The lowest BCUT2D eigenvalue weighted by Crippen LogP contribution is -2.50. The second-order valence-electron chi connectivity index (χ2n) is 10.1. The summed E-state index contributed by atoms with van der Waals surface area (Å²) in [5.74, 6) is 0.643.